The normalized spacial score (nSPS) is 19.6. The Bertz CT molecular complexity index is 394. The summed E-state index contributed by atoms with van der Waals surface area (Å²) in [5.74, 6) is -1.29. The smallest absolute Gasteiger partial charge is 0.243 e. The molecule has 1 aliphatic rings. The number of hydrogen-bond donors (Lipinski definition) is 3. The van der Waals surface area contributed by atoms with Gasteiger partial charge in [0.1, 0.15) is 17.9 Å². The molecule has 7 heteroatoms. The number of Topliss-reactive ketones (excluding diaryl/α,β-unsaturated/α-hetero) is 1. The Morgan fingerprint density at radius 2 is 2.16 bits per heavy atom. The van der Waals surface area contributed by atoms with E-state index in [0.717, 1.165) is 0 Å². The molecule has 1 rings (SSSR count). The lowest BCUT2D eigenvalue weighted by molar-refractivity contribution is -0.129. The Morgan fingerprint density at radius 3 is 2.63 bits per heavy atom. The number of nitrogens with two attached hydrogens (primary N) is 1. The number of carbonyl (C=O) groups is 4. The Morgan fingerprint density at radius 1 is 1.47 bits per heavy atom. The van der Waals surface area contributed by atoms with Crippen LogP contribution in [0.3, 0.4) is 0 Å². The first kappa shape index (κ1) is 15.1. The maximum atomic E-state index is 11.8. The second kappa shape index (κ2) is 6.86. The van der Waals surface area contributed by atoms with Gasteiger partial charge in [0.2, 0.25) is 17.7 Å². The molecule has 0 aromatic heterocycles. The number of primary amides is 1. The van der Waals surface area contributed by atoms with Crippen molar-refractivity contribution >= 4 is 23.5 Å². The molecule has 1 fully saturated rings. The number of ketones is 1. The lowest BCUT2D eigenvalue weighted by atomic mass is 10.1. The summed E-state index contributed by atoms with van der Waals surface area (Å²) in [6, 6.07) is -1.49. The van der Waals surface area contributed by atoms with Crippen molar-refractivity contribution in [3.8, 4) is 0 Å². The topological polar surface area (TPSA) is 118 Å². The molecule has 4 N–H and O–H groups in total. The second-order valence-electron chi connectivity index (χ2n) is 4.55. The number of carbonyl (C=O) groups excluding carboxylic acids is 4. The van der Waals surface area contributed by atoms with E-state index in [1.165, 1.54) is 0 Å². The summed E-state index contributed by atoms with van der Waals surface area (Å²) < 4.78 is 0. The van der Waals surface area contributed by atoms with E-state index < -0.39 is 23.9 Å². The van der Waals surface area contributed by atoms with Crippen LogP contribution in [0.25, 0.3) is 0 Å². The Balaban J connectivity index is 2.48. The Kier molecular flexibility index (Phi) is 5.47. The lowest BCUT2D eigenvalue weighted by Gasteiger charge is -2.17. The largest absolute Gasteiger partial charge is 0.368 e. The van der Waals surface area contributed by atoms with Crippen LogP contribution in [0.1, 0.15) is 39.0 Å². The molecular formula is C12H19N3O4. The molecule has 106 valence electrons. The maximum Gasteiger partial charge on any atom is 0.243 e. The minimum absolute atomic E-state index is 0.00895. The van der Waals surface area contributed by atoms with Gasteiger partial charge in [0.15, 0.2) is 0 Å². The van der Waals surface area contributed by atoms with Crippen molar-refractivity contribution in [3.63, 3.8) is 0 Å². The molecule has 0 aliphatic carbocycles. The predicted molar refractivity (Wildman–Crippen MR) is 66.8 cm³/mol. The summed E-state index contributed by atoms with van der Waals surface area (Å²) in [5, 5.41) is 4.98. The van der Waals surface area contributed by atoms with E-state index >= 15 is 0 Å². The number of hydrogen-bond acceptors (Lipinski definition) is 4. The third kappa shape index (κ3) is 4.69. The standard InChI is InChI=1S/C12H19N3O4/c1-2-7(16)3-4-8(11(13)18)15-12(19)9-5-6-10(17)14-9/h8-9H,2-6H2,1H3,(H2,13,18)(H,14,17)(H,15,19)/t8-,9+/m0/s1. The summed E-state index contributed by atoms with van der Waals surface area (Å²) in [6.45, 7) is 1.73. The fourth-order valence-corrected chi connectivity index (χ4v) is 1.85. The SMILES string of the molecule is CCC(=O)CC[C@H](NC(=O)[C@H]1CCC(=O)N1)C(N)=O. The molecular weight excluding hydrogens is 250 g/mol. The molecule has 19 heavy (non-hydrogen) atoms. The second-order valence-corrected chi connectivity index (χ2v) is 4.55. The van der Waals surface area contributed by atoms with Crippen LogP contribution >= 0.6 is 0 Å². The number of rotatable bonds is 7. The highest BCUT2D eigenvalue weighted by Gasteiger charge is 2.29. The van der Waals surface area contributed by atoms with Gasteiger partial charge in [0, 0.05) is 19.3 Å². The van der Waals surface area contributed by atoms with Crippen LogP contribution in [-0.4, -0.2) is 35.6 Å². The van der Waals surface area contributed by atoms with Gasteiger partial charge in [-0.25, -0.2) is 0 Å². The van der Waals surface area contributed by atoms with Crippen LogP contribution in [-0.2, 0) is 19.2 Å². The number of nitrogens with one attached hydrogen (secondary N) is 2. The molecule has 0 aromatic rings. The minimum Gasteiger partial charge on any atom is -0.368 e. The summed E-state index contributed by atoms with van der Waals surface area (Å²) in [5.41, 5.74) is 5.19. The van der Waals surface area contributed by atoms with E-state index in [1.54, 1.807) is 6.92 Å². The third-order valence-electron chi connectivity index (χ3n) is 3.08. The summed E-state index contributed by atoms with van der Waals surface area (Å²) in [7, 11) is 0. The monoisotopic (exact) mass is 269 g/mol. The molecule has 3 amide bonds. The van der Waals surface area contributed by atoms with E-state index in [2.05, 4.69) is 10.6 Å². The average Bonchev–Trinajstić information content (AvgIpc) is 2.80. The van der Waals surface area contributed by atoms with Gasteiger partial charge < -0.3 is 16.4 Å². The molecule has 1 heterocycles. The number of amides is 3. The molecule has 0 aromatic carbocycles. The van der Waals surface area contributed by atoms with Crippen LogP contribution in [0.15, 0.2) is 0 Å². The fourth-order valence-electron chi connectivity index (χ4n) is 1.85. The predicted octanol–water partition coefficient (Wildman–Crippen LogP) is -1.01. The molecule has 0 saturated carbocycles. The van der Waals surface area contributed by atoms with Crippen molar-refractivity contribution in [1.82, 2.24) is 10.6 Å². The van der Waals surface area contributed by atoms with Crippen LogP contribution in [0.5, 0.6) is 0 Å². The molecule has 7 nitrogen and oxygen atoms in total. The fraction of sp³-hybridized carbons (Fsp3) is 0.667. The molecule has 2 atom stereocenters. The molecule has 0 unspecified atom stereocenters. The lowest BCUT2D eigenvalue weighted by Crippen LogP contribution is -2.50. The Labute approximate surface area is 111 Å². The van der Waals surface area contributed by atoms with Gasteiger partial charge in [-0.05, 0) is 12.8 Å². The molecule has 1 saturated heterocycles. The zero-order valence-electron chi connectivity index (χ0n) is 10.9. The molecule has 0 bridgehead atoms. The van der Waals surface area contributed by atoms with Crippen LogP contribution < -0.4 is 16.4 Å². The van der Waals surface area contributed by atoms with E-state index in [9.17, 15) is 19.2 Å². The van der Waals surface area contributed by atoms with E-state index in [4.69, 9.17) is 5.73 Å². The van der Waals surface area contributed by atoms with E-state index in [-0.39, 0.29) is 24.5 Å². The van der Waals surface area contributed by atoms with Gasteiger partial charge in [-0.3, -0.25) is 19.2 Å². The first-order chi connectivity index (χ1) is 8.93. The zero-order valence-corrected chi connectivity index (χ0v) is 10.9. The van der Waals surface area contributed by atoms with Gasteiger partial charge in [-0.2, -0.15) is 0 Å². The van der Waals surface area contributed by atoms with Crippen LogP contribution in [0.4, 0.5) is 0 Å². The highest BCUT2D eigenvalue weighted by molar-refractivity contribution is 5.93. The minimum atomic E-state index is -0.875. The van der Waals surface area contributed by atoms with Crippen molar-refractivity contribution in [2.45, 2.75) is 51.1 Å². The highest BCUT2D eigenvalue weighted by Crippen LogP contribution is 2.08. The van der Waals surface area contributed by atoms with Crippen molar-refractivity contribution in [1.29, 1.82) is 0 Å². The first-order valence-corrected chi connectivity index (χ1v) is 6.34. The van der Waals surface area contributed by atoms with Gasteiger partial charge in [0.05, 0.1) is 0 Å². The van der Waals surface area contributed by atoms with Gasteiger partial charge >= 0.3 is 0 Å². The van der Waals surface area contributed by atoms with E-state index in [1.807, 2.05) is 0 Å². The quantitative estimate of drug-likeness (QED) is 0.549. The third-order valence-corrected chi connectivity index (χ3v) is 3.08. The Hall–Kier alpha value is -1.92. The van der Waals surface area contributed by atoms with Gasteiger partial charge in [-0.1, -0.05) is 6.92 Å². The molecule has 1 aliphatic heterocycles. The molecule has 0 spiro atoms. The van der Waals surface area contributed by atoms with E-state index in [0.29, 0.717) is 19.3 Å². The zero-order chi connectivity index (χ0) is 14.4. The van der Waals surface area contributed by atoms with Gasteiger partial charge in [-0.15, -0.1) is 0 Å². The van der Waals surface area contributed by atoms with Crippen molar-refractivity contribution in [2.75, 3.05) is 0 Å². The molecule has 0 radical (unpaired) electrons. The first-order valence-electron chi connectivity index (χ1n) is 6.34. The summed E-state index contributed by atoms with van der Waals surface area (Å²) in [6.07, 6.45) is 1.48. The van der Waals surface area contributed by atoms with Crippen LogP contribution in [0.2, 0.25) is 0 Å². The summed E-state index contributed by atoms with van der Waals surface area (Å²) >= 11 is 0. The maximum absolute atomic E-state index is 11.8. The van der Waals surface area contributed by atoms with Gasteiger partial charge in [0.25, 0.3) is 0 Å². The van der Waals surface area contributed by atoms with Crippen molar-refractivity contribution < 1.29 is 19.2 Å². The highest BCUT2D eigenvalue weighted by atomic mass is 16.2. The summed E-state index contributed by atoms with van der Waals surface area (Å²) in [4.78, 5) is 45.2. The average molecular weight is 269 g/mol. The van der Waals surface area contributed by atoms with Crippen LogP contribution in [0, 0.1) is 0 Å². The van der Waals surface area contributed by atoms with Crippen molar-refractivity contribution in [3.05, 3.63) is 0 Å². The van der Waals surface area contributed by atoms with Crippen molar-refractivity contribution in [2.24, 2.45) is 5.73 Å².